The number of carbonyl (C=O) groups excluding carboxylic acids is 1. The maximum Gasteiger partial charge on any atom is 0.321 e. The number of rotatable bonds is 16. The van der Waals surface area contributed by atoms with E-state index in [1.54, 1.807) is 0 Å². The highest BCUT2D eigenvalue weighted by Gasteiger charge is 2.56. The molecule has 0 amide bonds. The Morgan fingerprint density at radius 1 is 0.660 bits per heavy atom. The van der Waals surface area contributed by atoms with Gasteiger partial charge in [-0.2, -0.15) is 0 Å². The van der Waals surface area contributed by atoms with Crippen molar-refractivity contribution in [2.45, 2.75) is 157 Å². The van der Waals surface area contributed by atoms with Crippen molar-refractivity contribution in [3.8, 4) is 17.2 Å². The predicted molar refractivity (Wildman–Crippen MR) is 208 cm³/mol. The highest BCUT2D eigenvalue weighted by Crippen LogP contribution is 2.54. The number of carbonyl (C=O) groups is 1. The van der Waals surface area contributed by atoms with E-state index in [1.165, 1.54) is 23.1 Å². The Balaban J connectivity index is 1.67. The molecule has 4 rings (SSSR count). The van der Waals surface area contributed by atoms with E-state index in [0.29, 0.717) is 37.4 Å². The Hall–Kier alpha value is -3.27. The first-order valence-corrected chi connectivity index (χ1v) is 19.6. The monoisotopic (exact) mass is 682 g/mol. The third-order valence-electron chi connectivity index (χ3n) is 12.5. The van der Waals surface area contributed by atoms with Crippen molar-refractivity contribution < 1.29 is 19.0 Å². The minimum Gasteiger partial charge on any atom is -0.488 e. The lowest BCUT2D eigenvalue weighted by Gasteiger charge is -2.49. The fourth-order valence-corrected chi connectivity index (χ4v) is 9.30. The molecule has 2 unspecified atom stereocenters. The van der Waals surface area contributed by atoms with Crippen molar-refractivity contribution in [2.75, 3.05) is 0 Å². The van der Waals surface area contributed by atoms with Crippen LogP contribution in [0.1, 0.15) is 151 Å². The van der Waals surface area contributed by atoms with Gasteiger partial charge in [-0.05, 0) is 136 Å². The summed E-state index contributed by atoms with van der Waals surface area (Å²) >= 11 is 0. The second-order valence-electron chi connectivity index (χ2n) is 16.2. The van der Waals surface area contributed by atoms with Gasteiger partial charge in [0.25, 0.3) is 0 Å². The Morgan fingerprint density at radius 3 is 1.58 bits per heavy atom. The second kappa shape index (κ2) is 16.0. The Bertz CT molecular complexity index is 1510. The van der Waals surface area contributed by atoms with Gasteiger partial charge in [0.05, 0.1) is 0 Å². The van der Waals surface area contributed by atoms with E-state index < -0.39 is 11.0 Å². The van der Waals surface area contributed by atoms with Crippen LogP contribution >= 0.6 is 0 Å². The predicted octanol–water partition coefficient (Wildman–Crippen LogP) is 12.7. The van der Waals surface area contributed by atoms with Crippen molar-refractivity contribution in [1.29, 1.82) is 0 Å². The summed E-state index contributed by atoms with van der Waals surface area (Å²) in [4.78, 5) is 14.4. The van der Waals surface area contributed by atoms with Gasteiger partial charge in [-0.15, -0.1) is 0 Å². The van der Waals surface area contributed by atoms with Crippen LogP contribution in [0.25, 0.3) is 0 Å². The molecule has 0 heterocycles. The molecule has 3 aromatic rings. The molecule has 3 aromatic carbocycles. The molecule has 50 heavy (non-hydrogen) atoms. The van der Waals surface area contributed by atoms with Gasteiger partial charge in [0, 0.05) is 5.41 Å². The molecule has 0 aromatic heterocycles. The third-order valence-corrected chi connectivity index (χ3v) is 12.5. The van der Waals surface area contributed by atoms with Crippen LogP contribution in [0.15, 0.2) is 72.8 Å². The van der Waals surface area contributed by atoms with E-state index in [2.05, 4.69) is 125 Å². The molecule has 0 saturated heterocycles. The first-order chi connectivity index (χ1) is 23.7. The number of aryl methyl sites for hydroxylation is 1. The van der Waals surface area contributed by atoms with E-state index in [-0.39, 0.29) is 22.4 Å². The van der Waals surface area contributed by atoms with E-state index in [4.69, 9.17) is 14.2 Å². The van der Waals surface area contributed by atoms with Gasteiger partial charge in [0.2, 0.25) is 0 Å². The first kappa shape index (κ1) is 39.5. The molecule has 1 aliphatic rings. The Kier molecular flexibility index (Phi) is 12.6. The molecule has 274 valence electrons. The molecule has 0 spiro atoms. The van der Waals surface area contributed by atoms with Crippen LogP contribution in [0.2, 0.25) is 0 Å². The molecule has 0 bridgehead atoms. The summed E-state index contributed by atoms with van der Waals surface area (Å²) in [6, 6.07) is 25.6. The molecule has 1 saturated carbocycles. The summed E-state index contributed by atoms with van der Waals surface area (Å²) in [6.07, 6.45) is 8.87. The summed E-state index contributed by atoms with van der Waals surface area (Å²) < 4.78 is 19.6. The highest BCUT2D eigenvalue weighted by molar-refractivity contribution is 5.81. The van der Waals surface area contributed by atoms with Crippen molar-refractivity contribution >= 4 is 5.97 Å². The molecule has 4 nitrogen and oxygen atoms in total. The fourth-order valence-electron chi connectivity index (χ4n) is 9.30. The average molecular weight is 683 g/mol. The minimum atomic E-state index is -0.807. The zero-order valence-corrected chi connectivity index (χ0v) is 33.2. The third kappa shape index (κ3) is 7.95. The molecule has 1 aliphatic carbocycles. The second-order valence-corrected chi connectivity index (χ2v) is 16.2. The number of hydrogen-bond donors (Lipinski definition) is 0. The summed E-state index contributed by atoms with van der Waals surface area (Å²) in [5.41, 5.74) is 2.21. The number of hydrogen-bond acceptors (Lipinski definition) is 4. The van der Waals surface area contributed by atoms with Crippen LogP contribution in [0, 0.1) is 16.7 Å². The molecule has 1 fully saturated rings. The SMILES string of the molecule is CCc1ccc(OC(CC)(CC)C(CC)(CC)C(=O)Oc2ccc(C3(c4ccc(OC(C)(CC)CC)cc4)CC(C)CC(C)(C)C3)cc2)cc1. The van der Waals surface area contributed by atoms with Crippen LogP contribution in [-0.2, 0) is 16.6 Å². The van der Waals surface area contributed by atoms with Gasteiger partial charge < -0.3 is 14.2 Å². The number of benzene rings is 3. The normalized spacial score (nSPS) is 19.5. The standard InChI is InChI=1S/C46H66O4/c1-12-35-19-25-40(26-20-35)50-46(17-6,18-7)45(15-4,16-5)41(47)48-38-27-21-36(22-28-38)44(32-34(8)31-42(9,10)33-44)37-23-29-39(30-24-37)49-43(11,13-2)14-3/h19-30,34H,12-18,31-33H2,1-11H3. The molecule has 4 heteroatoms. The Morgan fingerprint density at radius 2 is 1.14 bits per heavy atom. The highest BCUT2D eigenvalue weighted by atomic mass is 16.5. The topological polar surface area (TPSA) is 44.8 Å². The average Bonchev–Trinajstić information content (AvgIpc) is 3.11. The molecular weight excluding hydrogens is 617 g/mol. The zero-order valence-electron chi connectivity index (χ0n) is 33.2. The van der Waals surface area contributed by atoms with Gasteiger partial charge in [-0.1, -0.05) is 106 Å². The largest absolute Gasteiger partial charge is 0.488 e. The summed E-state index contributed by atoms with van der Waals surface area (Å²) in [7, 11) is 0. The van der Waals surface area contributed by atoms with Crippen LogP contribution in [-0.4, -0.2) is 17.2 Å². The van der Waals surface area contributed by atoms with Gasteiger partial charge in [0.1, 0.15) is 33.9 Å². The van der Waals surface area contributed by atoms with Gasteiger partial charge in [-0.3, -0.25) is 4.79 Å². The van der Waals surface area contributed by atoms with Crippen LogP contribution in [0.3, 0.4) is 0 Å². The molecule has 0 aliphatic heterocycles. The lowest BCUT2D eigenvalue weighted by Crippen LogP contribution is -2.57. The lowest BCUT2D eigenvalue weighted by molar-refractivity contribution is -0.165. The number of esters is 1. The van der Waals surface area contributed by atoms with E-state index in [9.17, 15) is 4.79 Å². The summed E-state index contributed by atoms with van der Waals surface area (Å²) in [5.74, 6) is 2.66. The van der Waals surface area contributed by atoms with Gasteiger partial charge in [-0.25, -0.2) is 0 Å². The first-order valence-electron chi connectivity index (χ1n) is 19.6. The zero-order chi connectivity index (χ0) is 36.8. The quantitative estimate of drug-likeness (QED) is 0.111. The van der Waals surface area contributed by atoms with Crippen molar-refractivity contribution in [2.24, 2.45) is 16.7 Å². The van der Waals surface area contributed by atoms with Crippen LogP contribution in [0.4, 0.5) is 0 Å². The maximum absolute atomic E-state index is 14.4. The fraction of sp³-hybridized carbons (Fsp3) is 0.587. The maximum atomic E-state index is 14.4. The van der Waals surface area contributed by atoms with E-state index in [1.807, 2.05) is 24.3 Å². The van der Waals surface area contributed by atoms with E-state index in [0.717, 1.165) is 43.6 Å². The smallest absolute Gasteiger partial charge is 0.321 e. The molecule has 2 atom stereocenters. The van der Waals surface area contributed by atoms with Crippen LogP contribution < -0.4 is 14.2 Å². The van der Waals surface area contributed by atoms with Crippen molar-refractivity contribution in [3.63, 3.8) is 0 Å². The molecule has 0 radical (unpaired) electrons. The Labute approximate surface area is 304 Å². The van der Waals surface area contributed by atoms with Crippen molar-refractivity contribution in [1.82, 2.24) is 0 Å². The number of ether oxygens (including phenoxy) is 3. The van der Waals surface area contributed by atoms with Crippen molar-refractivity contribution in [3.05, 3.63) is 89.5 Å². The molecular formula is C46H66O4. The van der Waals surface area contributed by atoms with Gasteiger partial charge >= 0.3 is 5.97 Å². The lowest BCUT2D eigenvalue weighted by atomic mass is 9.55. The van der Waals surface area contributed by atoms with Crippen LogP contribution in [0.5, 0.6) is 17.2 Å². The summed E-state index contributed by atoms with van der Waals surface area (Å²) in [6.45, 7) is 24.4. The molecule has 0 N–H and O–H groups in total. The van der Waals surface area contributed by atoms with Gasteiger partial charge in [0.15, 0.2) is 0 Å². The minimum absolute atomic E-state index is 0.154. The summed E-state index contributed by atoms with van der Waals surface area (Å²) in [5, 5.41) is 0. The van der Waals surface area contributed by atoms with E-state index >= 15 is 0 Å².